The van der Waals surface area contributed by atoms with Crippen LogP contribution in [0.25, 0.3) is 0 Å². The number of halogens is 2. The van der Waals surface area contributed by atoms with Gasteiger partial charge in [0.25, 0.3) is 11.7 Å². The number of carbonyl (C=O) groups excluding carboxylic acids is 2. The Morgan fingerprint density at radius 3 is 2.47 bits per heavy atom. The topological polar surface area (TPSA) is 37.4 Å². The summed E-state index contributed by atoms with van der Waals surface area (Å²) in [4.78, 5) is 25.1. The molecule has 0 spiro atoms. The molecule has 1 aliphatic heterocycles. The van der Waals surface area contributed by atoms with Crippen LogP contribution in [-0.2, 0) is 4.79 Å². The second-order valence-corrected chi connectivity index (χ2v) is 5.09. The maximum Gasteiger partial charge on any atom is 0.299 e. The third-order valence-electron chi connectivity index (χ3n) is 3.61. The molecule has 3 nitrogen and oxygen atoms in total. The van der Waals surface area contributed by atoms with Crippen molar-refractivity contribution in [2.45, 2.75) is 26.7 Å². The monoisotopic (exact) mass is 283 g/mol. The van der Waals surface area contributed by atoms with E-state index in [1.807, 2.05) is 13.8 Å². The molecule has 0 saturated carbocycles. The van der Waals surface area contributed by atoms with Crippen molar-refractivity contribution in [2.24, 2.45) is 5.92 Å². The first-order valence-electron chi connectivity index (χ1n) is 6.35. The highest BCUT2D eigenvalue weighted by atomic mass is 35.5. The second-order valence-electron chi connectivity index (χ2n) is 4.68. The number of rotatable bonds is 4. The van der Waals surface area contributed by atoms with Crippen LogP contribution in [0.3, 0.4) is 0 Å². The number of carbonyl (C=O) groups is 2. The predicted octanol–water partition coefficient (Wildman–Crippen LogP) is 3.44. The quantitative estimate of drug-likeness (QED) is 0.794. The lowest BCUT2D eigenvalue weighted by atomic mass is 10.0. The Hall–Kier alpha value is -1.42. The van der Waals surface area contributed by atoms with E-state index in [2.05, 4.69) is 0 Å². The maximum atomic E-state index is 13.9. The minimum Gasteiger partial charge on any atom is -0.302 e. The summed E-state index contributed by atoms with van der Waals surface area (Å²) in [6.07, 6.45) is 1.73. The molecular formula is C14H15ClFNO2. The molecule has 0 aliphatic carbocycles. The van der Waals surface area contributed by atoms with Crippen LogP contribution in [0.1, 0.15) is 37.0 Å². The molecule has 2 rings (SSSR count). The van der Waals surface area contributed by atoms with Crippen LogP contribution in [0.4, 0.5) is 10.1 Å². The maximum absolute atomic E-state index is 13.9. The number of hydrogen-bond acceptors (Lipinski definition) is 2. The van der Waals surface area contributed by atoms with E-state index >= 15 is 0 Å². The fraction of sp³-hybridized carbons (Fsp3) is 0.429. The van der Waals surface area contributed by atoms with Crippen molar-refractivity contribution in [3.63, 3.8) is 0 Å². The van der Waals surface area contributed by atoms with Gasteiger partial charge in [-0.3, -0.25) is 9.59 Å². The van der Waals surface area contributed by atoms with Crippen LogP contribution < -0.4 is 4.90 Å². The molecule has 1 aliphatic rings. The predicted molar refractivity (Wildman–Crippen MR) is 72.2 cm³/mol. The zero-order valence-electron chi connectivity index (χ0n) is 10.9. The Morgan fingerprint density at radius 2 is 1.89 bits per heavy atom. The molecule has 0 atom stereocenters. The molecule has 1 amide bonds. The molecule has 102 valence electrons. The minimum absolute atomic E-state index is 0.00220. The number of benzene rings is 1. The van der Waals surface area contributed by atoms with E-state index in [1.54, 1.807) is 0 Å². The molecule has 0 fully saturated rings. The van der Waals surface area contributed by atoms with Crippen LogP contribution in [0.2, 0.25) is 5.02 Å². The zero-order valence-corrected chi connectivity index (χ0v) is 11.6. The summed E-state index contributed by atoms with van der Waals surface area (Å²) in [6, 6.07) is 2.49. The van der Waals surface area contributed by atoms with Gasteiger partial charge in [0.15, 0.2) is 0 Å². The van der Waals surface area contributed by atoms with Crippen LogP contribution in [0.5, 0.6) is 0 Å². The summed E-state index contributed by atoms with van der Waals surface area (Å²) in [5.41, 5.74) is 0.0343. The number of fused-ring (bicyclic) bond motifs is 1. The van der Waals surface area contributed by atoms with Crippen LogP contribution in [-0.4, -0.2) is 18.2 Å². The van der Waals surface area contributed by atoms with E-state index in [0.29, 0.717) is 6.54 Å². The Morgan fingerprint density at radius 1 is 1.26 bits per heavy atom. The molecule has 1 aromatic carbocycles. The Bertz CT molecular complexity index is 540. The highest BCUT2D eigenvalue weighted by Crippen LogP contribution is 2.37. The molecule has 0 aromatic heterocycles. The van der Waals surface area contributed by atoms with Gasteiger partial charge in [-0.05, 0) is 18.1 Å². The fourth-order valence-corrected chi connectivity index (χ4v) is 2.57. The average molecular weight is 284 g/mol. The van der Waals surface area contributed by atoms with Gasteiger partial charge < -0.3 is 4.90 Å². The number of hydrogen-bond donors (Lipinski definition) is 0. The van der Waals surface area contributed by atoms with Crippen LogP contribution >= 0.6 is 11.6 Å². The van der Waals surface area contributed by atoms with Gasteiger partial charge in [0, 0.05) is 6.54 Å². The Kier molecular flexibility index (Phi) is 3.90. The summed E-state index contributed by atoms with van der Waals surface area (Å²) in [7, 11) is 0. The lowest BCUT2D eigenvalue weighted by Crippen LogP contribution is -2.34. The first kappa shape index (κ1) is 14.0. The molecule has 1 aromatic rings. The molecule has 5 heteroatoms. The molecule has 0 bridgehead atoms. The van der Waals surface area contributed by atoms with Gasteiger partial charge in [0.2, 0.25) is 0 Å². The van der Waals surface area contributed by atoms with Crippen molar-refractivity contribution in [1.29, 1.82) is 0 Å². The summed E-state index contributed by atoms with van der Waals surface area (Å²) in [5.74, 6) is -1.75. The SMILES string of the molecule is CCC(CC)CN1C(=O)C(=O)c2c(Cl)ccc(F)c21. The van der Waals surface area contributed by atoms with Crippen molar-refractivity contribution >= 4 is 29.0 Å². The number of ketones is 1. The molecule has 0 saturated heterocycles. The van der Waals surface area contributed by atoms with Crippen molar-refractivity contribution in [2.75, 3.05) is 11.4 Å². The molecule has 0 radical (unpaired) electrons. The molecule has 19 heavy (non-hydrogen) atoms. The van der Waals surface area contributed by atoms with E-state index in [-0.39, 0.29) is 22.2 Å². The molecule has 0 unspecified atom stereocenters. The lowest BCUT2D eigenvalue weighted by Gasteiger charge is -2.22. The lowest BCUT2D eigenvalue weighted by molar-refractivity contribution is -0.114. The van der Waals surface area contributed by atoms with Crippen LogP contribution in [0.15, 0.2) is 12.1 Å². The third kappa shape index (κ3) is 2.25. The molecule has 1 heterocycles. The summed E-state index contributed by atoms with van der Waals surface area (Å²) in [6.45, 7) is 4.36. The van der Waals surface area contributed by atoms with Gasteiger partial charge in [0.05, 0.1) is 16.3 Å². The summed E-state index contributed by atoms with van der Waals surface area (Å²) >= 11 is 5.91. The largest absolute Gasteiger partial charge is 0.302 e. The molecule has 0 N–H and O–H groups in total. The van der Waals surface area contributed by atoms with Gasteiger partial charge in [-0.25, -0.2) is 4.39 Å². The number of amides is 1. The Labute approximate surface area is 116 Å². The third-order valence-corrected chi connectivity index (χ3v) is 3.92. The average Bonchev–Trinajstić information content (AvgIpc) is 2.66. The van der Waals surface area contributed by atoms with Crippen molar-refractivity contribution in [1.82, 2.24) is 0 Å². The van der Waals surface area contributed by atoms with Crippen molar-refractivity contribution in [3.8, 4) is 0 Å². The first-order chi connectivity index (χ1) is 9.01. The van der Waals surface area contributed by atoms with E-state index < -0.39 is 17.5 Å². The van der Waals surface area contributed by atoms with E-state index in [1.165, 1.54) is 17.0 Å². The van der Waals surface area contributed by atoms with Crippen LogP contribution in [0, 0.1) is 11.7 Å². The molecular weight excluding hydrogens is 269 g/mol. The summed E-state index contributed by atoms with van der Waals surface area (Å²) < 4.78 is 13.9. The number of Topliss-reactive ketones (excluding diaryl/α,β-unsaturated/α-hetero) is 1. The second kappa shape index (κ2) is 5.29. The minimum atomic E-state index is -0.717. The number of anilines is 1. The highest BCUT2D eigenvalue weighted by molar-refractivity contribution is 6.55. The van der Waals surface area contributed by atoms with E-state index in [4.69, 9.17) is 11.6 Å². The Balaban J connectivity index is 2.47. The fourth-order valence-electron chi connectivity index (χ4n) is 2.33. The van der Waals surface area contributed by atoms with Gasteiger partial charge in [0.1, 0.15) is 5.82 Å². The number of nitrogens with zero attached hydrogens (tertiary/aromatic N) is 1. The summed E-state index contributed by atoms with van der Waals surface area (Å²) in [5, 5.41) is 0.127. The highest BCUT2D eigenvalue weighted by Gasteiger charge is 2.40. The normalized spacial score (nSPS) is 14.5. The van der Waals surface area contributed by atoms with Gasteiger partial charge in [-0.1, -0.05) is 38.3 Å². The standard InChI is InChI=1S/C14H15ClFNO2/c1-3-8(4-2)7-17-12-10(16)6-5-9(15)11(12)13(18)14(17)19/h5-6,8H,3-4,7H2,1-2H3. The zero-order chi connectivity index (χ0) is 14.2. The van der Waals surface area contributed by atoms with E-state index in [9.17, 15) is 14.0 Å². The van der Waals surface area contributed by atoms with Crippen molar-refractivity contribution < 1.29 is 14.0 Å². The van der Waals surface area contributed by atoms with Gasteiger partial charge in [-0.2, -0.15) is 0 Å². The smallest absolute Gasteiger partial charge is 0.299 e. The van der Waals surface area contributed by atoms with E-state index in [0.717, 1.165) is 12.8 Å². The van der Waals surface area contributed by atoms with Crippen molar-refractivity contribution in [3.05, 3.63) is 28.5 Å². The van der Waals surface area contributed by atoms with Gasteiger partial charge in [-0.15, -0.1) is 0 Å². The van der Waals surface area contributed by atoms with Gasteiger partial charge >= 0.3 is 0 Å². The first-order valence-corrected chi connectivity index (χ1v) is 6.73.